The lowest BCUT2D eigenvalue weighted by atomic mass is 10.1. The molecule has 10 nitrogen and oxygen atoms in total. The molecule has 170 valence electrons. The number of anilines is 2. The number of hydrogen-bond donors (Lipinski definition) is 2. The number of sulfonamides is 1. The second kappa shape index (κ2) is 9.41. The van der Waals surface area contributed by atoms with Crippen LogP contribution in [0.15, 0.2) is 23.1 Å². The van der Waals surface area contributed by atoms with Crippen LogP contribution in [-0.2, 0) is 19.6 Å². The fourth-order valence-electron chi connectivity index (χ4n) is 4.14. The Balaban J connectivity index is 1.58. The molecule has 3 amide bonds. The van der Waals surface area contributed by atoms with Gasteiger partial charge in [0.25, 0.3) is 0 Å². The first-order valence-electron chi connectivity index (χ1n) is 10.8. The van der Waals surface area contributed by atoms with Crippen LogP contribution in [0.3, 0.4) is 0 Å². The Morgan fingerprint density at radius 2 is 1.81 bits per heavy atom. The highest BCUT2D eigenvalue weighted by Gasteiger charge is 2.29. The Labute approximate surface area is 182 Å². The number of nitrogens with one attached hydrogen (secondary N) is 2. The highest BCUT2D eigenvalue weighted by atomic mass is 32.2. The van der Waals surface area contributed by atoms with E-state index in [1.165, 1.54) is 15.6 Å². The van der Waals surface area contributed by atoms with Crippen molar-refractivity contribution in [1.82, 2.24) is 14.5 Å². The largest absolute Gasteiger partial charge is 0.379 e. The van der Waals surface area contributed by atoms with Crippen molar-refractivity contribution in [3.8, 4) is 0 Å². The normalized spacial score (nSPS) is 20.6. The van der Waals surface area contributed by atoms with Crippen molar-refractivity contribution in [3.63, 3.8) is 0 Å². The van der Waals surface area contributed by atoms with Gasteiger partial charge in [0.05, 0.1) is 36.0 Å². The second-order valence-corrected chi connectivity index (χ2v) is 9.81. The van der Waals surface area contributed by atoms with E-state index in [1.807, 2.05) is 6.07 Å². The summed E-state index contributed by atoms with van der Waals surface area (Å²) in [5.41, 5.74) is 1.46. The standard InChI is InChI=1S/C20H29N5O5S/c26-19(25-9-6-21-20(25)27)15-22-17-14-16(31(28,29)24-10-12-30-13-11-24)4-5-18(17)23-7-2-1-3-8-23/h4-5,14,22H,1-3,6-13,15H2,(H,21,27). The zero-order valence-electron chi connectivity index (χ0n) is 17.5. The fourth-order valence-corrected chi connectivity index (χ4v) is 5.57. The molecule has 0 atom stereocenters. The molecule has 3 fully saturated rings. The van der Waals surface area contributed by atoms with Gasteiger partial charge in [-0.05, 0) is 37.5 Å². The predicted octanol–water partition coefficient (Wildman–Crippen LogP) is 0.662. The van der Waals surface area contributed by atoms with Crippen LogP contribution in [0.1, 0.15) is 19.3 Å². The molecule has 11 heteroatoms. The number of carbonyl (C=O) groups is 2. The molecule has 0 bridgehead atoms. The van der Waals surface area contributed by atoms with Crippen LogP contribution in [0.2, 0.25) is 0 Å². The monoisotopic (exact) mass is 451 g/mol. The van der Waals surface area contributed by atoms with E-state index in [2.05, 4.69) is 15.5 Å². The van der Waals surface area contributed by atoms with Crippen molar-refractivity contribution in [3.05, 3.63) is 18.2 Å². The molecule has 0 spiro atoms. The maximum absolute atomic E-state index is 13.1. The van der Waals surface area contributed by atoms with Crippen LogP contribution in [0.25, 0.3) is 0 Å². The van der Waals surface area contributed by atoms with Crippen LogP contribution >= 0.6 is 0 Å². The summed E-state index contributed by atoms with van der Waals surface area (Å²) in [6.07, 6.45) is 3.31. The molecular weight excluding hydrogens is 422 g/mol. The fraction of sp³-hybridized carbons (Fsp3) is 0.600. The van der Waals surface area contributed by atoms with Gasteiger partial charge in [0, 0.05) is 39.3 Å². The molecule has 0 saturated carbocycles. The summed E-state index contributed by atoms with van der Waals surface area (Å²) in [5, 5.41) is 5.71. The van der Waals surface area contributed by atoms with Crippen LogP contribution in [0, 0.1) is 0 Å². The van der Waals surface area contributed by atoms with Crippen molar-refractivity contribution in [2.24, 2.45) is 0 Å². The molecule has 3 heterocycles. The molecule has 3 aliphatic rings. The first kappa shape index (κ1) is 21.8. The number of amides is 3. The molecule has 4 rings (SSSR count). The third kappa shape index (κ3) is 4.78. The summed E-state index contributed by atoms with van der Waals surface area (Å²) in [4.78, 5) is 27.8. The first-order chi connectivity index (χ1) is 15.0. The third-order valence-corrected chi connectivity index (χ3v) is 7.76. The number of imide groups is 1. The zero-order chi connectivity index (χ0) is 21.8. The lowest BCUT2D eigenvalue weighted by Gasteiger charge is -2.31. The van der Waals surface area contributed by atoms with E-state index in [1.54, 1.807) is 12.1 Å². The lowest BCUT2D eigenvalue weighted by Crippen LogP contribution is -2.40. The zero-order valence-corrected chi connectivity index (χ0v) is 18.3. The highest BCUT2D eigenvalue weighted by molar-refractivity contribution is 7.89. The third-order valence-electron chi connectivity index (χ3n) is 5.86. The Hall–Kier alpha value is -2.37. The molecule has 3 aliphatic heterocycles. The van der Waals surface area contributed by atoms with Gasteiger partial charge >= 0.3 is 6.03 Å². The van der Waals surface area contributed by atoms with E-state index in [4.69, 9.17) is 4.74 Å². The van der Waals surface area contributed by atoms with Crippen molar-refractivity contribution >= 4 is 33.3 Å². The van der Waals surface area contributed by atoms with Crippen molar-refractivity contribution in [2.75, 3.05) is 69.2 Å². The average Bonchev–Trinajstić information content (AvgIpc) is 3.24. The predicted molar refractivity (Wildman–Crippen MR) is 116 cm³/mol. The summed E-state index contributed by atoms with van der Waals surface area (Å²) in [7, 11) is -3.66. The van der Waals surface area contributed by atoms with Crippen LogP contribution in [0.4, 0.5) is 16.2 Å². The van der Waals surface area contributed by atoms with E-state index >= 15 is 0 Å². The van der Waals surface area contributed by atoms with Crippen LogP contribution in [0.5, 0.6) is 0 Å². The number of morpholine rings is 1. The van der Waals surface area contributed by atoms with Crippen molar-refractivity contribution < 1.29 is 22.7 Å². The molecule has 0 aromatic heterocycles. The molecule has 1 aromatic carbocycles. The Kier molecular flexibility index (Phi) is 6.63. The Morgan fingerprint density at radius 3 is 2.48 bits per heavy atom. The van der Waals surface area contributed by atoms with Gasteiger partial charge in [-0.15, -0.1) is 0 Å². The molecule has 0 aliphatic carbocycles. The lowest BCUT2D eigenvalue weighted by molar-refractivity contribution is -0.125. The number of rotatable bonds is 6. The van der Waals surface area contributed by atoms with Crippen molar-refractivity contribution in [1.29, 1.82) is 0 Å². The number of benzene rings is 1. The van der Waals surface area contributed by atoms with E-state index in [-0.39, 0.29) is 17.3 Å². The minimum absolute atomic E-state index is 0.0880. The maximum atomic E-state index is 13.1. The minimum atomic E-state index is -3.66. The SMILES string of the molecule is O=C(CNc1cc(S(=O)(=O)N2CCOCC2)ccc1N1CCCCC1)N1CCNC1=O. The number of ether oxygens (including phenoxy) is 1. The molecular formula is C20H29N5O5S. The van der Waals surface area contributed by atoms with Gasteiger partial charge in [-0.3, -0.25) is 9.69 Å². The summed E-state index contributed by atoms with van der Waals surface area (Å²) >= 11 is 0. The van der Waals surface area contributed by atoms with Gasteiger partial charge in [0.15, 0.2) is 0 Å². The van der Waals surface area contributed by atoms with Gasteiger partial charge < -0.3 is 20.3 Å². The number of carbonyl (C=O) groups excluding carboxylic acids is 2. The van der Waals surface area contributed by atoms with E-state index in [0.29, 0.717) is 45.1 Å². The summed E-state index contributed by atoms with van der Waals surface area (Å²) in [5.74, 6) is -0.346. The smallest absolute Gasteiger partial charge is 0.324 e. The first-order valence-corrected chi connectivity index (χ1v) is 12.2. The van der Waals surface area contributed by atoms with Gasteiger partial charge in [-0.2, -0.15) is 4.31 Å². The minimum Gasteiger partial charge on any atom is -0.379 e. The van der Waals surface area contributed by atoms with E-state index in [9.17, 15) is 18.0 Å². The van der Waals surface area contributed by atoms with Crippen LogP contribution < -0.4 is 15.5 Å². The van der Waals surface area contributed by atoms with Gasteiger partial charge in [0.1, 0.15) is 0 Å². The summed E-state index contributed by atoms with van der Waals surface area (Å²) in [6.45, 7) is 3.85. The van der Waals surface area contributed by atoms with Gasteiger partial charge in [-0.1, -0.05) is 0 Å². The number of piperidine rings is 1. The topological polar surface area (TPSA) is 111 Å². The van der Waals surface area contributed by atoms with Gasteiger partial charge in [-0.25, -0.2) is 13.2 Å². The Morgan fingerprint density at radius 1 is 1.06 bits per heavy atom. The Bertz CT molecular complexity index is 926. The highest BCUT2D eigenvalue weighted by Crippen LogP contribution is 2.32. The van der Waals surface area contributed by atoms with Gasteiger partial charge in [0.2, 0.25) is 15.9 Å². The van der Waals surface area contributed by atoms with E-state index < -0.39 is 16.1 Å². The summed E-state index contributed by atoms with van der Waals surface area (Å²) < 4.78 is 32.9. The molecule has 3 saturated heterocycles. The summed E-state index contributed by atoms with van der Waals surface area (Å²) in [6, 6.07) is 4.65. The molecule has 31 heavy (non-hydrogen) atoms. The molecule has 1 aromatic rings. The number of nitrogens with zero attached hydrogens (tertiary/aromatic N) is 3. The van der Waals surface area contributed by atoms with Crippen molar-refractivity contribution in [2.45, 2.75) is 24.2 Å². The maximum Gasteiger partial charge on any atom is 0.324 e. The van der Waals surface area contributed by atoms with E-state index in [0.717, 1.165) is 31.6 Å². The average molecular weight is 452 g/mol. The second-order valence-electron chi connectivity index (χ2n) is 7.87. The quantitative estimate of drug-likeness (QED) is 0.654. The molecule has 2 N–H and O–H groups in total. The molecule has 0 unspecified atom stereocenters. The number of hydrogen-bond acceptors (Lipinski definition) is 7. The van der Waals surface area contributed by atoms with Crippen LogP contribution in [-0.4, -0.2) is 88.6 Å². The number of urea groups is 1. The molecule has 0 radical (unpaired) electrons.